The Hall–Kier alpha value is -1.81. The summed E-state index contributed by atoms with van der Waals surface area (Å²) >= 11 is 3.58. The summed E-state index contributed by atoms with van der Waals surface area (Å²) < 4.78 is 3.01. The number of nitrogens with zero attached hydrogens (tertiary/aromatic N) is 2. The van der Waals surface area contributed by atoms with Crippen molar-refractivity contribution in [3.63, 3.8) is 0 Å². The van der Waals surface area contributed by atoms with Gasteiger partial charge >= 0.3 is 0 Å². The molecule has 0 atom stereocenters. The van der Waals surface area contributed by atoms with Crippen molar-refractivity contribution in [2.24, 2.45) is 7.05 Å². The predicted octanol–water partition coefficient (Wildman–Crippen LogP) is 6.13. The van der Waals surface area contributed by atoms with Gasteiger partial charge in [-0.15, -0.1) is 0 Å². The van der Waals surface area contributed by atoms with Crippen molar-refractivity contribution in [3.05, 3.63) is 45.9 Å². The van der Waals surface area contributed by atoms with Crippen molar-refractivity contribution in [2.75, 3.05) is 0 Å². The Morgan fingerprint density at radius 1 is 1.16 bits per heavy atom. The van der Waals surface area contributed by atoms with E-state index in [1.165, 1.54) is 5.56 Å². The molecule has 1 aromatic heterocycles. The van der Waals surface area contributed by atoms with Gasteiger partial charge in [-0.05, 0) is 51.0 Å². The molecule has 3 aromatic rings. The van der Waals surface area contributed by atoms with E-state index in [1.54, 1.807) is 0 Å². The number of imidazole rings is 1. The SMILES string of the molecule is CC(C)c1cc(-c2nc3c(Br)cccc3n2C)c(O)c(C(C)(C)C)c1. The van der Waals surface area contributed by atoms with Crippen LogP contribution in [0, 0.1) is 0 Å². The van der Waals surface area contributed by atoms with Gasteiger partial charge in [-0.1, -0.05) is 46.8 Å². The Labute approximate surface area is 157 Å². The summed E-state index contributed by atoms with van der Waals surface area (Å²) in [6.07, 6.45) is 0. The van der Waals surface area contributed by atoms with Crippen LogP contribution < -0.4 is 0 Å². The molecule has 3 rings (SSSR count). The number of aromatic nitrogens is 2. The lowest BCUT2D eigenvalue weighted by Crippen LogP contribution is -2.13. The molecule has 3 nitrogen and oxygen atoms in total. The molecule has 4 heteroatoms. The molecule has 0 radical (unpaired) electrons. The number of hydrogen-bond donors (Lipinski definition) is 1. The maximum absolute atomic E-state index is 11.0. The van der Waals surface area contributed by atoms with E-state index in [0.717, 1.165) is 32.5 Å². The number of phenolic OH excluding ortho intramolecular Hbond substituents is 1. The number of hydrogen-bond acceptors (Lipinski definition) is 2. The zero-order valence-corrected chi connectivity index (χ0v) is 17.3. The molecule has 0 saturated heterocycles. The van der Waals surface area contributed by atoms with Gasteiger partial charge in [0.2, 0.25) is 0 Å². The lowest BCUT2D eigenvalue weighted by atomic mass is 9.82. The quantitative estimate of drug-likeness (QED) is 0.561. The number of aryl methyl sites for hydroxylation is 1. The van der Waals surface area contributed by atoms with Crippen LogP contribution in [0.3, 0.4) is 0 Å². The summed E-state index contributed by atoms with van der Waals surface area (Å²) in [7, 11) is 2.00. The Kier molecular flexibility index (Phi) is 4.44. The maximum Gasteiger partial charge on any atom is 0.144 e. The second-order valence-electron chi connectivity index (χ2n) is 7.97. The number of rotatable bonds is 2. The minimum Gasteiger partial charge on any atom is -0.507 e. The van der Waals surface area contributed by atoms with Crippen LogP contribution in [0.15, 0.2) is 34.8 Å². The molecule has 0 unspecified atom stereocenters. The molecule has 0 fully saturated rings. The molecule has 0 bridgehead atoms. The van der Waals surface area contributed by atoms with Crippen molar-refractivity contribution >= 4 is 27.0 Å². The van der Waals surface area contributed by atoms with Gasteiger partial charge in [-0.2, -0.15) is 0 Å². The number of benzene rings is 2. The molecule has 0 aliphatic rings. The fourth-order valence-corrected chi connectivity index (χ4v) is 3.60. The fraction of sp³-hybridized carbons (Fsp3) is 0.381. The van der Waals surface area contributed by atoms with Gasteiger partial charge in [-0.25, -0.2) is 4.98 Å². The highest BCUT2D eigenvalue weighted by atomic mass is 79.9. The predicted molar refractivity (Wildman–Crippen MR) is 108 cm³/mol. The van der Waals surface area contributed by atoms with Gasteiger partial charge in [0.25, 0.3) is 0 Å². The molecular formula is C21H25BrN2O. The van der Waals surface area contributed by atoms with Crippen LogP contribution in [-0.4, -0.2) is 14.7 Å². The average Bonchev–Trinajstić information content (AvgIpc) is 2.85. The van der Waals surface area contributed by atoms with Gasteiger partial charge in [0.15, 0.2) is 0 Å². The number of halogens is 1. The second kappa shape index (κ2) is 6.17. The van der Waals surface area contributed by atoms with Crippen LogP contribution in [0.2, 0.25) is 0 Å². The van der Waals surface area contributed by atoms with Crippen LogP contribution in [-0.2, 0) is 12.5 Å². The van der Waals surface area contributed by atoms with Gasteiger partial charge in [0.1, 0.15) is 17.1 Å². The largest absolute Gasteiger partial charge is 0.507 e. The van der Waals surface area contributed by atoms with E-state index in [-0.39, 0.29) is 5.41 Å². The van der Waals surface area contributed by atoms with Gasteiger partial charge in [0, 0.05) is 17.1 Å². The molecule has 0 spiro atoms. The molecule has 1 N–H and O–H groups in total. The van der Waals surface area contributed by atoms with E-state index in [9.17, 15) is 5.11 Å². The fourth-order valence-electron chi connectivity index (χ4n) is 3.15. The number of para-hydroxylation sites is 1. The molecular weight excluding hydrogens is 376 g/mol. The molecule has 0 aliphatic heterocycles. The normalized spacial score (nSPS) is 12.3. The molecule has 25 heavy (non-hydrogen) atoms. The second-order valence-corrected chi connectivity index (χ2v) is 8.83. The third-order valence-corrected chi connectivity index (χ3v) is 5.35. The van der Waals surface area contributed by atoms with Crippen molar-refractivity contribution in [2.45, 2.75) is 46.0 Å². The van der Waals surface area contributed by atoms with Crippen LogP contribution in [0.4, 0.5) is 0 Å². The first-order chi connectivity index (χ1) is 11.6. The van der Waals surface area contributed by atoms with Crippen molar-refractivity contribution in [1.29, 1.82) is 0 Å². The van der Waals surface area contributed by atoms with E-state index in [4.69, 9.17) is 4.98 Å². The Balaban J connectivity index is 2.36. The third-order valence-electron chi connectivity index (χ3n) is 4.71. The number of fused-ring (bicyclic) bond motifs is 1. The van der Waals surface area contributed by atoms with Crippen LogP contribution in [0.5, 0.6) is 5.75 Å². The molecule has 0 aliphatic carbocycles. The summed E-state index contributed by atoms with van der Waals surface area (Å²) in [6, 6.07) is 10.2. The molecule has 1 heterocycles. The summed E-state index contributed by atoms with van der Waals surface area (Å²) in [5, 5.41) is 11.0. The standard InChI is InChI=1S/C21H25BrN2O/c1-12(2)13-10-14(19(25)15(11-13)21(3,4)5)20-23-18-16(22)8-7-9-17(18)24(20)6/h7-12,25H,1-6H3. The first-order valence-electron chi connectivity index (χ1n) is 8.60. The summed E-state index contributed by atoms with van der Waals surface area (Å²) in [4.78, 5) is 4.82. The Morgan fingerprint density at radius 3 is 2.40 bits per heavy atom. The molecule has 0 saturated carbocycles. The van der Waals surface area contributed by atoms with Gasteiger partial charge in [-0.3, -0.25) is 0 Å². The lowest BCUT2D eigenvalue weighted by Gasteiger charge is -2.24. The highest BCUT2D eigenvalue weighted by molar-refractivity contribution is 9.10. The van der Waals surface area contributed by atoms with E-state index >= 15 is 0 Å². The van der Waals surface area contributed by atoms with Gasteiger partial charge in [0.05, 0.1) is 11.1 Å². The minimum absolute atomic E-state index is 0.144. The Morgan fingerprint density at radius 2 is 1.84 bits per heavy atom. The first kappa shape index (κ1) is 18.0. The topological polar surface area (TPSA) is 38.0 Å². The summed E-state index contributed by atoms with van der Waals surface area (Å²) in [5.41, 5.74) is 4.77. The molecule has 2 aromatic carbocycles. The van der Waals surface area contributed by atoms with E-state index < -0.39 is 0 Å². The van der Waals surface area contributed by atoms with Crippen molar-refractivity contribution in [1.82, 2.24) is 9.55 Å². The molecule has 0 amide bonds. The average molecular weight is 401 g/mol. The number of phenols is 1. The summed E-state index contributed by atoms with van der Waals surface area (Å²) in [5.74, 6) is 1.49. The van der Waals surface area contributed by atoms with E-state index in [0.29, 0.717) is 11.7 Å². The van der Waals surface area contributed by atoms with Crippen LogP contribution in [0.1, 0.15) is 51.7 Å². The van der Waals surface area contributed by atoms with Crippen LogP contribution in [0.25, 0.3) is 22.4 Å². The van der Waals surface area contributed by atoms with E-state index in [2.05, 4.69) is 62.7 Å². The van der Waals surface area contributed by atoms with Crippen molar-refractivity contribution in [3.8, 4) is 17.1 Å². The monoisotopic (exact) mass is 400 g/mol. The highest BCUT2D eigenvalue weighted by Gasteiger charge is 2.25. The van der Waals surface area contributed by atoms with Crippen molar-refractivity contribution < 1.29 is 5.11 Å². The number of aromatic hydroxyl groups is 1. The van der Waals surface area contributed by atoms with E-state index in [1.807, 2.05) is 29.8 Å². The lowest BCUT2D eigenvalue weighted by molar-refractivity contribution is 0.447. The smallest absolute Gasteiger partial charge is 0.144 e. The molecule has 132 valence electrons. The Bertz CT molecular complexity index is 949. The minimum atomic E-state index is -0.144. The summed E-state index contributed by atoms with van der Waals surface area (Å²) in [6.45, 7) is 10.7. The zero-order valence-electron chi connectivity index (χ0n) is 15.7. The zero-order chi connectivity index (χ0) is 18.5. The van der Waals surface area contributed by atoms with Gasteiger partial charge < -0.3 is 9.67 Å². The maximum atomic E-state index is 11.0. The third kappa shape index (κ3) is 3.08. The van der Waals surface area contributed by atoms with Crippen LogP contribution >= 0.6 is 15.9 Å². The highest BCUT2D eigenvalue weighted by Crippen LogP contribution is 2.41. The first-order valence-corrected chi connectivity index (χ1v) is 9.39.